The van der Waals surface area contributed by atoms with Crippen LogP contribution in [0.25, 0.3) is 0 Å². The van der Waals surface area contributed by atoms with Crippen LogP contribution < -0.4 is 0 Å². The quantitative estimate of drug-likeness (QED) is 0.870. The van der Waals surface area contributed by atoms with Gasteiger partial charge in [0.1, 0.15) is 5.82 Å². The van der Waals surface area contributed by atoms with Crippen molar-refractivity contribution in [3.63, 3.8) is 0 Å². The standard InChI is InChI=1S/C15H20FNO/c1-17-12-6-7-15(17)14(9-18)13(8-12)10-2-4-11(16)5-3-10/h2-5,12-15,18H,6-9H2,1H3. The molecule has 0 aliphatic carbocycles. The molecule has 4 atom stereocenters. The second kappa shape index (κ2) is 4.63. The molecule has 0 radical (unpaired) electrons. The minimum Gasteiger partial charge on any atom is -0.396 e. The van der Waals surface area contributed by atoms with E-state index in [2.05, 4.69) is 11.9 Å². The molecular weight excluding hydrogens is 229 g/mol. The zero-order chi connectivity index (χ0) is 12.7. The molecule has 2 bridgehead atoms. The van der Waals surface area contributed by atoms with Crippen LogP contribution in [0.1, 0.15) is 30.7 Å². The van der Waals surface area contributed by atoms with Crippen molar-refractivity contribution in [3.8, 4) is 0 Å². The maximum Gasteiger partial charge on any atom is 0.123 e. The topological polar surface area (TPSA) is 23.5 Å². The highest BCUT2D eigenvalue weighted by atomic mass is 19.1. The largest absolute Gasteiger partial charge is 0.396 e. The van der Waals surface area contributed by atoms with Gasteiger partial charge in [0.25, 0.3) is 0 Å². The van der Waals surface area contributed by atoms with Crippen LogP contribution in [0.3, 0.4) is 0 Å². The van der Waals surface area contributed by atoms with Crippen LogP contribution >= 0.6 is 0 Å². The maximum atomic E-state index is 13.0. The Labute approximate surface area is 107 Å². The molecule has 2 fully saturated rings. The van der Waals surface area contributed by atoms with Gasteiger partial charge in [-0.2, -0.15) is 0 Å². The van der Waals surface area contributed by atoms with Crippen molar-refractivity contribution >= 4 is 0 Å². The van der Waals surface area contributed by atoms with E-state index in [0.717, 1.165) is 6.42 Å². The first kappa shape index (κ1) is 12.1. The predicted molar refractivity (Wildman–Crippen MR) is 68.9 cm³/mol. The average molecular weight is 249 g/mol. The number of hydrogen-bond donors (Lipinski definition) is 1. The first-order valence-corrected chi connectivity index (χ1v) is 6.79. The monoisotopic (exact) mass is 249 g/mol. The number of nitrogens with zero attached hydrogens (tertiary/aromatic N) is 1. The number of aliphatic hydroxyl groups is 1. The minimum absolute atomic E-state index is 0.185. The van der Waals surface area contributed by atoms with E-state index in [4.69, 9.17) is 0 Å². The molecular formula is C15H20FNO. The Bertz CT molecular complexity index is 419. The fraction of sp³-hybridized carbons (Fsp3) is 0.600. The van der Waals surface area contributed by atoms with Gasteiger partial charge in [-0.25, -0.2) is 4.39 Å². The molecule has 4 unspecified atom stereocenters. The molecule has 18 heavy (non-hydrogen) atoms. The summed E-state index contributed by atoms with van der Waals surface area (Å²) in [5.74, 6) is 0.485. The molecule has 3 rings (SSSR count). The van der Waals surface area contributed by atoms with Crippen LogP contribution in [-0.4, -0.2) is 35.7 Å². The van der Waals surface area contributed by atoms with Crippen molar-refractivity contribution in [1.29, 1.82) is 0 Å². The number of aliphatic hydroxyl groups excluding tert-OH is 1. The van der Waals surface area contributed by atoms with Crippen molar-refractivity contribution in [2.24, 2.45) is 5.92 Å². The molecule has 0 amide bonds. The lowest BCUT2D eigenvalue weighted by atomic mass is 9.76. The van der Waals surface area contributed by atoms with Crippen LogP contribution in [-0.2, 0) is 0 Å². The third-order valence-corrected chi connectivity index (χ3v) is 4.94. The van der Waals surface area contributed by atoms with Crippen LogP contribution in [0.5, 0.6) is 0 Å². The Morgan fingerprint density at radius 3 is 2.67 bits per heavy atom. The van der Waals surface area contributed by atoms with E-state index in [0.29, 0.717) is 23.9 Å². The number of piperidine rings is 1. The maximum absolute atomic E-state index is 13.0. The lowest BCUT2D eigenvalue weighted by Crippen LogP contribution is -2.47. The summed E-state index contributed by atoms with van der Waals surface area (Å²) >= 11 is 0. The van der Waals surface area contributed by atoms with Crippen LogP contribution in [0.4, 0.5) is 4.39 Å². The number of fused-ring (bicyclic) bond motifs is 2. The van der Waals surface area contributed by atoms with Gasteiger partial charge >= 0.3 is 0 Å². The third-order valence-electron chi connectivity index (χ3n) is 4.94. The van der Waals surface area contributed by atoms with Crippen molar-refractivity contribution in [3.05, 3.63) is 35.6 Å². The first-order valence-electron chi connectivity index (χ1n) is 6.79. The Balaban J connectivity index is 1.89. The molecule has 0 aromatic heterocycles. The Morgan fingerprint density at radius 1 is 1.28 bits per heavy atom. The molecule has 2 aliphatic heterocycles. The summed E-state index contributed by atoms with van der Waals surface area (Å²) in [6, 6.07) is 7.95. The lowest BCUT2D eigenvalue weighted by molar-refractivity contribution is 0.0592. The summed E-state index contributed by atoms with van der Waals surface area (Å²) in [4.78, 5) is 2.43. The third kappa shape index (κ3) is 1.86. The molecule has 2 heterocycles. The normalized spacial score (nSPS) is 35.9. The minimum atomic E-state index is -0.185. The molecule has 3 heteroatoms. The van der Waals surface area contributed by atoms with E-state index in [-0.39, 0.29) is 12.4 Å². The lowest BCUT2D eigenvalue weighted by Gasteiger charge is -2.42. The number of benzene rings is 1. The molecule has 1 N–H and O–H groups in total. The number of hydrogen-bond acceptors (Lipinski definition) is 2. The highest BCUT2D eigenvalue weighted by Gasteiger charge is 2.45. The summed E-state index contributed by atoms with van der Waals surface area (Å²) < 4.78 is 13.0. The Morgan fingerprint density at radius 2 is 2.00 bits per heavy atom. The fourth-order valence-corrected chi connectivity index (χ4v) is 3.92. The zero-order valence-corrected chi connectivity index (χ0v) is 10.7. The number of halogens is 1. The van der Waals surface area contributed by atoms with Gasteiger partial charge in [-0.1, -0.05) is 12.1 Å². The van der Waals surface area contributed by atoms with E-state index < -0.39 is 0 Å². The summed E-state index contributed by atoms with van der Waals surface area (Å²) in [5.41, 5.74) is 1.18. The van der Waals surface area contributed by atoms with E-state index in [1.165, 1.54) is 30.5 Å². The Hall–Kier alpha value is -0.930. The smallest absolute Gasteiger partial charge is 0.123 e. The van der Waals surface area contributed by atoms with Gasteiger partial charge in [0.2, 0.25) is 0 Å². The summed E-state index contributed by atoms with van der Waals surface area (Å²) in [5, 5.41) is 9.71. The Kier molecular flexibility index (Phi) is 3.12. The van der Waals surface area contributed by atoms with E-state index in [1.807, 2.05) is 12.1 Å². The van der Waals surface area contributed by atoms with Crippen LogP contribution in [0.2, 0.25) is 0 Å². The first-order chi connectivity index (χ1) is 8.70. The van der Waals surface area contributed by atoms with Crippen molar-refractivity contribution < 1.29 is 9.50 Å². The number of rotatable bonds is 2. The highest BCUT2D eigenvalue weighted by Crippen LogP contribution is 2.45. The van der Waals surface area contributed by atoms with Crippen LogP contribution in [0, 0.1) is 11.7 Å². The van der Waals surface area contributed by atoms with E-state index in [9.17, 15) is 9.50 Å². The van der Waals surface area contributed by atoms with E-state index >= 15 is 0 Å². The molecule has 0 saturated carbocycles. The summed E-state index contributed by atoms with van der Waals surface area (Å²) in [7, 11) is 2.17. The molecule has 2 saturated heterocycles. The fourth-order valence-electron chi connectivity index (χ4n) is 3.92. The molecule has 98 valence electrons. The summed E-state index contributed by atoms with van der Waals surface area (Å²) in [6.45, 7) is 0.226. The van der Waals surface area contributed by atoms with Gasteiger partial charge < -0.3 is 10.0 Å². The van der Waals surface area contributed by atoms with Crippen molar-refractivity contribution in [1.82, 2.24) is 4.90 Å². The molecule has 2 aliphatic rings. The van der Waals surface area contributed by atoms with Crippen molar-refractivity contribution in [2.45, 2.75) is 37.3 Å². The van der Waals surface area contributed by atoms with E-state index in [1.54, 1.807) is 0 Å². The average Bonchev–Trinajstić information content (AvgIpc) is 2.63. The van der Waals surface area contributed by atoms with Gasteiger partial charge in [-0.05, 0) is 49.9 Å². The highest BCUT2D eigenvalue weighted by molar-refractivity contribution is 5.24. The van der Waals surface area contributed by atoms with Crippen molar-refractivity contribution in [2.75, 3.05) is 13.7 Å². The van der Waals surface area contributed by atoms with Gasteiger partial charge in [-0.15, -0.1) is 0 Å². The van der Waals surface area contributed by atoms with Gasteiger partial charge in [0, 0.05) is 24.6 Å². The zero-order valence-electron chi connectivity index (χ0n) is 10.7. The van der Waals surface area contributed by atoms with Gasteiger partial charge in [0.15, 0.2) is 0 Å². The molecule has 2 nitrogen and oxygen atoms in total. The van der Waals surface area contributed by atoms with Crippen LogP contribution in [0.15, 0.2) is 24.3 Å². The molecule has 0 spiro atoms. The SMILES string of the molecule is CN1C2CCC1C(CO)C(c1ccc(F)cc1)C2. The second-order valence-electron chi connectivity index (χ2n) is 5.70. The predicted octanol–water partition coefficient (Wildman–Crippen LogP) is 2.38. The summed E-state index contributed by atoms with van der Waals surface area (Å²) in [6.07, 6.45) is 3.50. The van der Waals surface area contributed by atoms with Gasteiger partial charge in [0.05, 0.1) is 0 Å². The van der Waals surface area contributed by atoms with Gasteiger partial charge in [-0.3, -0.25) is 0 Å². The second-order valence-corrected chi connectivity index (χ2v) is 5.70. The molecule has 1 aromatic carbocycles. The molecule has 1 aromatic rings.